The maximum absolute atomic E-state index is 12.9. The molecule has 1 amide bonds. The summed E-state index contributed by atoms with van der Waals surface area (Å²) in [5.74, 6) is 1.06. The number of carbonyl (C=O) groups is 1. The van der Waals surface area contributed by atoms with Crippen LogP contribution in [0.3, 0.4) is 0 Å². The highest BCUT2D eigenvalue weighted by Crippen LogP contribution is 2.28. The van der Waals surface area contributed by atoms with Crippen molar-refractivity contribution in [1.82, 2.24) is 29.8 Å². The van der Waals surface area contributed by atoms with Crippen molar-refractivity contribution in [2.45, 2.75) is 18.8 Å². The number of aromatic nitrogens is 5. The van der Waals surface area contributed by atoms with E-state index in [-0.39, 0.29) is 22.9 Å². The average Bonchev–Trinajstić information content (AvgIpc) is 3.17. The number of para-hydroxylation sites is 2. The quantitative estimate of drug-likeness (QED) is 0.478. The van der Waals surface area contributed by atoms with E-state index in [9.17, 15) is 14.4 Å². The summed E-state index contributed by atoms with van der Waals surface area (Å²) in [4.78, 5) is 54.7. The van der Waals surface area contributed by atoms with Crippen LogP contribution in [0, 0.1) is 0 Å². The molecule has 0 aliphatic carbocycles. The molecule has 1 saturated heterocycles. The van der Waals surface area contributed by atoms with Gasteiger partial charge in [0, 0.05) is 25.2 Å². The van der Waals surface area contributed by atoms with Crippen molar-refractivity contribution < 1.29 is 4.79 Å². The van der Waals surface area contributed by atoms with Crippen molar-refractivity contribution in [3.8, 4) is 0 Å². The molecule has 0 saturated carbocycles. The SMILES string of the molecule is O=C(c1cnc2[nH]c(=O)[nH]c(=O)c2c1)N1CCC(c2nc3ccccc3[nH]2)CC1. The van der Waals surface area contributed by atoms with Gasteiger partial charge < -0.3 is 9.88 Å². The topological polar surface area (TPSA) is 128 Å². The maximum atomic E-state index is 12.9. The monoisotopic (exact) mass is 390 g/mol. The predicted molar refractivity (Wildman–Crippen MR) is 107 cm³/mol. The third-order valence-corrected chi connectivity index (χ3v) is 5.41. The number of pyridine rings is 1. The zero-order valence-corrected chi connectivity index (χ0v) is 15.4. The van der Waals surface area contributed by atoms with Gasteiger partial charge in [0.15, 0.2) is 0 Å². The Morgan fingerprint density at radius 1 is 1.07 bits per heavy atom. The predicted octanol–water partition coefficient (Wildman–Crippen LogP) is 1.51. The Bertz CT molecular complexity index is 1310. The third-order valence-electron chi connectivity index (χ3n) is 5.41. The molecule has 0 radical (unpaired) electrons. The van der Waals surface area contributed by atoms with Crippen LogP contribution in [-0.4, -0.2) is 48.8 Å². The number of aromatic amines is 3. The van der Waals surface area contributed by atoms with Gasteiger partial charge >= 0.3 is 5.69 Å². The van der Waals surface area contributed by atoms with Gasteiger partial charge in [0.1, 0.15) is 11.5 Å². The number of nitrogens with one attached hydrogen (secondary N) is 3. The van der Waals surface area contributed by atoms with Crippen molar-refractivity contribution in [2.75, 3.05) is 13.1 Å². The van der Waals surface area contributed by atoms with Gasteiger partial charge in [-0.05, 0) is 31.0 Å². The van der Waals surface area contributed by atoms with Crippen molar-refractivity contribution >= 4 is 28.0 Å². The number of likely N-dealkylation sites (tertiary alicyclic amines) is 1. The van der Waals surface area contributed by atoms with Crippen LogP contribution in [0.15, 0.2) is 46.1 Å². The fraction of sp³-hybridized carbons (Fsp3) is 0.250. The van der Waals surface area contributed by atoms with Crippen LogP contribution in [0.1, 0.15) is 34.9 Å². The minimum absolute atomic E-state index is 0.166. The minimum Gasteiger partial charge on any atom is -0.342 e. The van der Waals surface area contributed by atoms with Crippen molar-refractivity contribution in [3.05, 3.63) is 68.8 Å². The number of carbonyl (C=O) groups excluding carboxylic acids is 1. The summed E-state index contributed by atoms with van der Waals surface area (Å²) in [6, 6.07) is 9.41. The Labute approximate surface area is 163 Å². The first-order chi connectivity index (χ1) is 14.1. The lowest BCUT2D eigenvalue weighted by Crippen LogP contribution is -2.38. The van der Waals surface area contributed by atoms with Gasteiger partial charge in [-0.3, -0.25) is 19.6 Å². The zero-order valence-electron chi connectivity index (χ0n) is 15.4. The van der Waals surface area contributed by atoms with Crippen LogP contribution in [-0.2, 0) is 0 Å². The fourth-order valence-electron chi connectivity index (χ4n) is 3.87. The molecular formula is C20H18N6O3. The molecule has 29 heavy (non-hydrogen) atoms. The maximum Gasteiger partial charge on any atom is 0.327 e. The molecule has 1 aromatic carbocycles. The summed E-state index contributed by atoms with van der Waals surface area (Å²) in [6.45, 7) is 1.20. The molecule has 3 aromatic heterocycles. The van der Waals surface area contributed by atoms with Crippen LogP contribution in [0.2, 0.25) is 0 Å². The number of piperidine rings is 1. The van der Waals surface area contributed by atoms with E-state index < -0.39 is 11.2 Å². The molecule has 146 valence electrons. The Morgan fingerprint density at radius 3 is 2.66 bits per heavy atom. The number of amides is 1. The van der Waals surface area contributed by atoms with E-state index in [1.807, 2.05) is 24.3 Å². The number of nitrogens with zero attached hydrogens (tertiary/aromatic N) is 3. The number of fused-ring (bicyclic) bond motifs is 2. The van der Waals surface area contributed by atoms with Crippen LogP contribution < -0.4 is 11.2 Å². The van der Waals surface area contributed by atoms with Gasteiger partial charge in [-0.25, -0.2) is 14.8 Å². The second-order valence-electron chi connectivity index (χ2n) is 7.23. The Balaban J connectivity index is 1.34. The molecule has 4 heterocycles. The Hall–Kier alpha value is -3.75. The number of rotatable bonds is 2. The van der Waals surface area contributed by atoms with E-state index in [4.69, 9.17) is 0 Å². The molecule has 0 bridgehead atoms. The Kier molecular flexibility index (Phi) is 4.01. The van der Waals surface area contributed by atoms with E-state index in [0.717, 1.165) is 29.7 Å². The summed E-state index contributed by atoms with van der Waals surface area (Å²) in [5.41, 5.74) is 1.28. The molecule has 9 nitrogen and oxygen atoms in total. The van der Waals surface area contributed by atoms with E-state index in [1.165, 1.54) is 12.3 Å². The molecule has 3 N–H and O–H groups in total. The first kappa shape index (κ1) is 17.4. The summed E-state index contributed by atoms with van der Waals surface area (Å²) in [5, 5.41) is 0.188. The largest absolute Gasteiger partial charge is 0.342 e. The molecular weight excluding hydrogens is 372 g/mol. The number of benzene rings is 1. The second-order valence-corrected chi connectivity index (χ2v) is 7.23. The van der Waals surface area contributed by atoms with E-state index >= 15 is 0 Å². The first-order valence-corrected chi connectivity index (χ1v) is 9.45. The second kappa shape index (κ2) is 6.69. The van der Waals surface area contributed by atoms with Gasteiger partial charge in [-0.1, -0.05) is 12.1 Å². The normalized spacial score (nSPS) is 15.2. The standard InChI is InChI=1S/C20H18N6O3/c27-18-13-9-12(10-21-17(13)24-20(29)25-18)19(28)26-7-5-11(6-8-26)16-22-14-3-1-2-4-15(14)23-16/h1-4,9-11H,5-8H2,(H,22,23)(H2,21,24,25,27,29). The zero-order chi connectivity index (χ0) is 20.0. The highest BCUT2D eigenvalue weighted by atomic mass is 16.2. The van der Waals surface area contributed by atoms with Gasteiger partial charge in [0.05, 0.1) is 22.0 Å². The van der Waals surface area contributed by atoms with Crippen LogP contribution in [0.5, 0.6) is 0 Å². The van der Waals surface area contributed by atoms with E-state index in [0.29, 0.717) is 18.7 Å². The number of imidazole rings is 1. The Morgan fingerprint density at radius 2 is 1.86 bits per heavy atom. The molecule has 4 aromatic rings. The van der Waals surface area contributed by atoms with Crippen molar-refractivity contribution in [2.24, 2.45) is 0 Å². The van der Waals surface area contributed by atoms with E-state index in [2.05, 4.69) is 24.9 Å². The van der Waals surface area contributed by atoms with Gasteiger partial charge in [0.25, 0.3) is 11.5 Å². The van der Waals surface area contributed by atoms with Crippen LogP contribution >= 0.6 is 0 Å². The molecule has 9 heteroatoms. The lowest BCUT2D eigenvalue weighted by molar-refractivity contribution is 0.0711. The summed E-state index contributed by atoms with van der Waals surface area (Å²) in [6.07, 6.45) is 3.01. The smallest absolute Gasteiger partial charge is 0.327 e. The molecule has 0 atom stereocenters. The summed E-state index contributed by atoms with van der Waals surface area (Å²) in [7, 11) is 0. The molecule has 1 fully saturated rings. The minimum atomic E-state index is -0.623. The lowest BCUT2D eigenvalue weighted by atomic mass is 9.95. The van der Waals surface area contributed by atoms with Crippen molar-refractivity contribution in [1.29, 1.82) is 0 Å². The van der Waals surface area contributed by atoms with Gasteiger partial charge in [0.2, 0.25) is 0 Å². The van der Waals surface area contributed by atoms with Gasteiger partial charge in [-0.15, -0.1) is 0 Å². The first-order valence-electron chi connectivity index (χ1n) is 9.45. The lowest BCUT2D eigenvalue weighted by Gasteiger charge is -2.31. The molecule has 1 aliphatic heterocycles. The molecule has 5 rings (SSSR count). The third kappa shape index (κ3) is 3.10. The number of hydrogen-bond acceptors (Lipinski definition) is 5. The number of hydrogen-bond donors (Lipinski definition) is 3. The number of H-pyrrole nitrogens is 3. The highest BCUT2D eigenvalue weighted by molar-refractivity contribution is 5.96. The highest BCUT2D eigenvalue weighted by Gasteiger charge is 2.26. The van der Waals surface area contributed by atoms with E-state index in [1.54, 1.807) is 4.90 Å². The average molecular weight is 390 g/mol. The fourth-order valence-corrected chi connectivity index (χ4v) is 3.87. The van der Waals surface area contributed by atoms with Crippen molar-refractivity contribution in [3.63, 3.8) is 0 Å². The summed E-state index contributed by atoms with van der Waals surface area (Å²) >= 11 is 0. The van der Waals surface area contributed by atoms with Gasteiger partial charge in [-0.2, -0.15) is 0 Å². The molecule has 0 spiro atoms. The molecule has 1 aliphatic rings. The summed E-state index contributed by atoms with van der Waals surface area (Å²) < 4.78 is 0. The van der Waals surface area contributed by atoms with Crippen LogP contribution in [0.25, 0.3) is 22.1 Å². The van der Waals surface area contributed by atoms with Crippen LogP contribution in [0.4, 0.5) is 0 Å². The molecule has 0 unspecified atom stereocenters.